The molecule has 0 radical (unpaired) electrons. The summed E-state index contributed by atoms with van der Waals surface area (Å²) in [6.07, 6.45) is 0. The minimum atomic E-state index is -5.74. The Balaban J connectivity index is 0.00000338. The zero-order chi connectivity index (χ0) is 19.2. The van der Waals surface area contributed by atoms with Crippen LogP contribution in [0.4, 0.5) is 13.2 Å². The van der Waals surface area contributed by atoms with Gasteiger partial charge in [-0.1, -0.05) is 18.2 Å². The van der Waals surface area contributed by atoms with E-state index < -0.39 is 15.6 Å². The molecule has 8 heteroatoms. The highest BCUT2D eigenvalue weighted by Crippen LogP contribution is 2.40. The van der Waals surface area contributed by atoms with Crippen LogP contribution in [0, 0.1) is 34.6 Å². The fourth-order valence-electron chi connectivity index (χ4n) is 2.82. The van der Waals surface area contributed by atoms with Gasteiger partial charge in [0.1, 0.15) is 0 Å². The Morgan fingerprint density at radius 2 is 1.23 bits per heavy atom. The largest absolute Gasteiger partial charge is 0.534 e. The Labute approximate surface area is 168 Å². The first-order valence-electron chi connectivity index (χ1n) is 7.55. The number of rotatable bonds is 3. The van der Waals surface area contributed by atoms with E-state index in [1.165, 1.54) is 12.1 Å². The Morgan fingerprint density at radius 3 is 1.69 bits per heavy atom. The van der Waals surface area contributed by atoms with E-state index in [-0.39, 0.29) is 29.7 Å². The molecule has 144 valence electrons. The van der Waals surface area contributed by atoms with Crippen LogP contribution >= 0.6 is 24.0 Å². The third-order valence-corrected chi connectivity index (χ3v) is 5.61. The first-order chi connectivity index (χ1) is 11.4. The molecule has 2 rings (SSSR count). The van der Waals surface area contributed by atoms with Gasteiger partial charge in [0.05, 0.1) is 0 Å². The van der Waals surface area contributed by atoms with Crippen LogP contribution in [0.15, 0.2) is 24.3 Å². The topological polar surface area (TPSA) is 43.4 Å². The first kappa shape index (κ1) is 22.8. The van der Waals surface area contributed by atoms with Crippen LogP contribution in [0.3, 0.4) is 0 Å². The van der Waals surface area contributed by atoms with E-state index in [0.717, 1.165) is 27.8 Å². The minimum Gasteiger partial charge on any atom is -0.375 e. The number of hydrogen-bond donors (Lipinski definition) is 0. The van der Waals surface area contributed by atoms with Gasteiger partial charge < -0.3 is 4.18 Å². The van der Waals surface area contributed by atoms with Gasteiger partial charge in [0.15, 0.2) is 5.75 Å². The van der Waals surface area contributed by atoms with Gasteiger partial charge in [0.25, 0.3) is 0 Å². The second kappa shape index (κ2) is 7.75. The lowest BCUT2D eigenvalue weighted by atomic mass is 9.86. The van der Waals surface area contributed by atoms with Crippen molar-refractivity contribution < 1.29 is 25.8 Å². The van der Waals surface area contributed by atoms with Crippen molar-refractivity contribution in [2.45, 2.75) is 40.1 Å². The normalized spacial score (nSPS) is 11.8. The molecule has 0 heterocycles. The van der Waals surface area contributed by atoms with Crippen molar-refractivity contribution in [3.8, 4) is 16.9 Å². The van der Waals surface area contributed by atoms with E-state index in [0.29, 0.717) is 11.1 Å². The van der Waals surface area contributed by atoms with Gasteiger partial charge in [0.2, 0.25) is 0 Å². The number of para-hydroxylation sites is 1. The van der Waals surface area contributed by atoms with E-state index in [4.69, 9.17) is 0 Å². The van der Waals surface area contributed by atoms with Crippen LogP contribution in [0.5, 0.6) is 5.75 Å². The summed E-state index contributed by atoms with van der Waals surface area (Å²) in [6.45, 7) is 9.55. The molecular formula is C18H20F3IO3S. The zero-order valence-corrected chi connectivity index (χ0v) is 18.1. The van der Waals surface area contributed by atoms with Gasteiger partial charge in [0, 0.05) is 5.56 Å². The molecule has 0 atom stereocenters. The second-order valence-electron chi connectivity index (χ2n) is 5.98. The molecule has 0 spiro atoms. The fraction of sp³-hybridized carbons (Fsp3) is 0.333. The van der Waals surface area contributed by atoms with Gasteiger partial charge in [-0.2, -0.15) is 21.6 Å². The zero-order valence-electron chi connectivity index (χ0n) is 15.0. The Kier molecular flexibility index (Phi) is 6.79. The van der Waals surface area contributed by atoms with E-state index in [9.17, 15) is 21.6 Å². The molecule has 2 aromatic rings. The van der Waals surface area contributed by atoms with Crippen molar-refractivity contribution in [2.24, 2.45) is 0 Å². The molecule has 0 amide bonds. The maximum atomic E-state index is 12.7. The molecule has 2 aromatic carbocycles. The third kappa shape index (κ3) is 4.00. The maximum absolute atomic E-state index is 12.7. The van der Waals surface area contributed by atoms with Crippen molar-refractivity contribution in [3.63, 3.8) is 0 Å². The molecule has 26 heavy (non-hydrogen) atoms. The molecule has 0 aliphatic rings. The third-order valence-electron chi connectivity index (χ3n) is 4.64. The highest BCUT2D eigenvalue weighted by molar-refractivity contribution is 14.0. The van der Waals surface area contributed by atoms with E-state index >= 15 is 0 Å². The predicted octanol–water partition coefficient (Wildman–Crippen LogP) is 5.74. The van der Waals surface area contributed by atoms with E-state index in [1.807, 2.05) is 34.6 Å². The summed E-state index contributed by atoms with van der Waals surface area (Å²) in [6, 6.07) is 5.85. The Morgan fingerprint density at radius 1 is 0.808 bits per heavy atom. The van der Waals surface area contributed by atoms with Gasteiger partial charge >= 0.3 is 15.6 Å². The predicted molar refractivity (Wildman–Crippen MR) is 107 cm³/mol. The van der Waals surface area contributed by atoms with Crippen molar-refractivity contribution in [3.05, 3.63) is 52.1 Å². The molecule has 3 nitrogen and oxygen atoms in total. The van der Waals surface area contributed by atoms with E-state index in [2.05, 4.69) is 4.18 Å². The number of alkyl halides is 3. The van der Waals surface area contributed by atoms with Crippen LogP contribution in [-0.2, 0) is 10.1 Å². The SMILES string of the molecule is Cc1c(C)c(C)c(-c2ccccc2OS(=O)(=O)C(F)(F)F)c(C)c1C.I. The summed E-state index contributed by atoms with van der Waals surface area (Å²) in [5.41, 5.74) is 0.383. The average Bonchev–Trinajstić information content (AvgIpc) is 2.51. The molecule has 0 aromatic heterocycles. The Bertz CT molecular complexity index is 906. The van der Waals surface area contributed by atoms with Gasteiger partial charge in [-0.05, 0) is 74.1 Å². The fourth-order valence-corrected chi connectivity index (χ4v) is 3.29. The summed E-state index contributed by atoms with van der Waals surface area (Å²) >= 11 is 0. The summed E-state index contributed by atoms with van der Waals surface area (Å²) in [5, 5.41) is 0. The first-order valence-corrected chi connectivity index (χ1v) is 8.96. The van der Waals surface area contributed by atoms with Gasteiger partial charge in [-0.25, -0.2) is 0 Å². The minimum absolute atomic E-state index is 0. The van der Waals surface area contributed by atoms with Crippen molar-refractivity contribution in [1.82, 2.24) is 0 Å². The summed E-state index contributed by atoms with van der Waals surface area (Å²) < 4.78 is 65.3. The van der Waals surface area contributed by atoms with Crippen molar-refractivity contribution in [1.29, 1.82) is 0 Å². The molecule has 0 aliphatic heterocycles. The monoisotopic (exact) mass is 500 g/mol. The lowest BCUT2D eigenvalue weighted by Gasteiger charge is -2.21. The summed E-state index contributed by atoms with van der Waals surface area (Å²) in [5.74, 6) is -0.339. The maximum Gasteiger partial charge on any atom is 0.534 e. The average molecular weight is 500 g/mol. The second-order valence-corrected chi connectivity index (χ2v) is 7.52. The van der Waals surface area contributed by atoms with E-state index in [1.54, 1.807) is 12.1 Å². The highest BCUT2D eigenvalue weighted by atomic mass is 127. The quantitative estimate of drug-likeness (QED) is 0.307. The van der Waals surface area contributed by atoms with Crippen LogP contribution in [0.1, 0.15) is 27.8 Å². The standard InChI is InChI=1S/C18H19F3O3S.HI/c1-10-11(2)13(4)17(14(5)12(10)3)15-8-6-7-9-16(15)24-25(22,23)18(19,20)21;/h6-9H,1-5H3;1H. The van der Waals surface area contributed by atoms with Gasteiger partial charge in [-0.15, -0.1) is 24.0 Å². The van der Waals surface area contributed by atoms with Crippen molar-refractivity contribution >= 4 is 34.1 Å². The lowest BCUT2D eigenvalue weighted by molar-refractivity contribution is -0.0499. The highest BCUT2D eigenvalue weighted by Gasteiger charge is 2.48. The summed E-state index contributed by atoms with van der Waals surface area (Å²) in [7, 11) is -5.74. The molecular weight excluding hydrogens is 480 g/mol. The van der Waals surface area contributed by atoms with Crippen LogP contribution in [0.2, 0.25) is 0 Å². The molecule has 0 bridgehead atoms. The van der Waals surface area contributed by atoms with Crippen LogP contribution in [0.25, 0.3) is 11.1 Å². The molecule has 0 fully saturated rings. The van der Waals surface area contributed by atoms with Crippen LogP contribution in [-0.4, -0.2) is 13.9 Å². The summed E-state index contributed by atoms with van der Waals surface area (Å²) in [4.78, 5) is 0. The number of halogens is 4. The van der Waals surface area contributed by atoms with Crippen LogP contribution < -0.4 is 4.18 Å². The molecule has 0 unspecified atom stereocenters. The van der Waals surface area contributed by atoms with Crippen molar-refractivity contribution in [2.75, 3.05) is 0 Å². The molecule has 0 saturated heterocycles. The number of benzene rings is 2. The smallest absolute Gasteiger partial charge is 0.375 e. The van der Waals surface area contributed by atoms with Gasteiger partial charge in [-0.3, -0.25) is 0 Å². The Hall–Kier alpha value is -1.29. The number of hydrogen-bond acceptors (Lipinski definition) is 3. The molecule has 0 aliphatic carbocycles. The molecule has 0 saturated carbocycles. The lowest BCUT2D eigenvalue weighted by Crippen LogP contribution is -2.28. The molecule has 0 N–H and O–H groups in total.